The van der Waals surface area contributed by atoms with Crippen molar-refractivity contribution in [1.29, 1.82) is 0 Å². The first-order valence-corrected chi connectivity index (χ1v) is 8.16. The number of aryl methyl sites for hydroxylation is 1. The molecule has 9 heteroatoms. The highest BCUT2D eigenvalue weighted by molar-refractivity contribution is 6.03. The van der Waals surface area contributed by atoms with E-state index in [9.17, 15) is 14.4 Å². The highest BCUT2D eigenvalue weighted by Gasteiger charge is 2.14. The van der Waals surface area contributed by atoms with Crippen molar-refractivity contribution < 1.29 is 9.59 Å². The largest absolute Gasteiger partial charge is 0.349 e. The Morgan fingerprint density at radius 3 is 2.85 bits per heavy atom. The van der Waals surface area contributed by atoms with E-state index in [0.717, 1.165) is 0 Å². The number of hydrogen-bond donors (Lipinski definition) is 2. The molecule has 0 bridgehead atoms. The Kier molecular flexibility index (Phi) is 5.11. The SMILES string of the molecule is C=CCNC(=O)c1ccccc1NC(=O)Cn1cnc2c(cnn2C)c1=O. The second-order valence-corrected chi connectivity index (χ2v) is 5.78. The molecule has 0 atom stereocenters. The fourth-order valence-electron chi connectivity index (χ4n) is 2.57. The summed E-state index contributed by atoms with van der Waals surface area (Å²) in [6.07, 6.45) is 4.28. The van der Waals surface area contributed by atoms with Gasteiger partial charge in [0.2, 0.25) is 5.91 Å². The summed E-state index contributed by atoms with van der Waals surface area (Å²) in [4.78, 5) is 41.2. The summed E-state index contributed by atoms with van der Waals surface area (Å²) >= 11 is 0. The molecule has 1 aromatic carbocycles. The number of aromatic nitrogens is 4. The van der Waals surface area contributed by atoms with Crippen LogP contribution < -0.4 is 16.2 Å². The number of carbonyl (C=O) groups excluding carboxylic acids is 2. The fourth-order valence-corrected chi connectivity index (χ4v) is 2.57. The highest BCUT2D eigenvalue weighted by atomic mass is 16.2. The minimum absolute atomic E-state index is 0.237. The van der Waals surface area contributed by atoms with Gasteiger partial charge in [0.05, 0.1) is 17.4 Å². The molecular weight excluding hydrogens is 348 g/mol. The Bertz CT molecular complexity index is 1080. The van der Waals surface area contributed by atoms with Crippen molar-refractivity contribution in [3.05, 3.63) is 65.4 Å². The number of benzene rings is 1. The Labute approximate surface area is 154 Å². The number of nitrogens with zero attached hydrogens (tertiary/aromatic N) is 4. The van der Waals surface area contributed by atoms with Crippen LogP contribution in [0.15, 0.2) is 54.2 Å². The van der Waals surface area contributed by atoms with Crippen molar-refractivity contribution in [1.82, 2.24) is 24.6 Å². The van der Waals surface area contributed by atoms with Crippen LogP contribution in [0.5, 0.6) is 0 Å². The van der Waals surface area contributed by atoms with Crippen molar-refractivity contribution in [3.63, 3.8) is 0 Å². The molecule has 27 heavy (non-hydrogen) atoms. The molecule has 0 saturated carbocycles. The van der Waals surface area contributed by atoms with Crippen LogP contribution in [-0.4, -0.2) is 37.7 Å². The number of amides is 2. The van der Waals surface area contributed by atoms with Crippen LogP contribution in [0.4, 0.5) is 5.69 Å². The molecule has 138 valence electrons. The molecule has 2 heterocycles. The van der Waals surface area contributed by atoms with Gasteiger partial charge in [0.1, 0.15) is 18.3 Å². The van der Waals surface area contributed by atoms with Gasteiger partial charge in [-0.1, -0.05) is 18.2 Å². The van der Waals surface area contributed by atoms with Crippen LogP contribution >= 0.6 is 0 Å². The average Bonchev–Trinajstić information content (AvgIpc) is 3.04. The van der Waals surface area contributed by atoms with E-state index in [0.29, 0.717) is 28.8 Å². The molecule has 9 nitrogen and oxygen atoms in total. The number of carbonyl (C=O) groups is 2. The van der Waals surface area contributed by atoms with E-state index in [4.69, 9.17) is 0 Å². The maximum absolute atomic E-state index is 12.4. The molecule has 2 aromatic heterocycles. The molecule has 2 amide bonds. The van der Waals surface area contributed by atoms with Gasteiger partial charge in [0.25, 0.3) is 11.5 Å². The van der Waals surface area contributed by atoms with E-state index in [2.05, 4.69) is 27.3 Å². The van der Waals surface area contributed by atoms with Gasteiger partial charge in [-0.2, -0.15) is 5.10 Å². The lowest BCUT2D eigenvalue weighted by atomic mass is 10.1. The summed E-state index contributed by atoms with van der Waals surface area (Å²) in [6.45, 7) is 3.62. The van der Waals surface area contributed by atoms with E-state index >= 15 is 0 Å². The number of para-hydroxylation sites is 1. The van der Waals surface area contributed by atoms with Gasteiger partial charge in [0.15, 0.2) is 5.65 Å². The summed E-state index contributed by atoms with van der Waals surface area (Å²) in [5.74, 6) is -0.785. The van der Waals surface area contributed by atoms with Gasteiger partial charge in [-0.25, -0.2) is 4.98 Å². The Hall–Kier alpha value is -3.75. The van der Waals surface area contributed by atoms with Crippen molar-refractivity contribution in [2.75, 3.05) is 11.9 Å². The van der Waals surface area contributed by atoms with Gasteiger partial charge in [0, 0.05) is 13.6 Å². The molecule has 0 unspecified atom stereocenters. The number of anilines is 1. The Morgan fingerprint density at radius 2 is 2.07 bits per heavy atom. The topological polar surface area (TPSA) is 111 Å². The van der Waals surface area contributed by atoms with Gasteiger partial charge in [-0.15, -0.1) is 6.58 Å². The zero-order valence-corrected chi connectivity index (χ0v) is 14.7. The third kappa shape index (κ3) is 3.76. The molecule has 0 spiro atoms. The zero-order chi connectivity index (χ0) is 19.4. The quantitative estimate of drug-likeness (QED) is 0.624. The molecular formula is C18H18N6O3. The normalized spacial score (nSPS) is 10.6. The summed E-state index contributed by atoms with van der Waals surface area (Å²) in [5, 5.41) is 9.64. The summed E-state index contributed by atoms with van der Waals surface area (Å²) in [7, 11) is 1.68. The maximum atomic E-state index is 12.4. The molecule has 0 aliphatic carbocycles. The van der Waals surface area contributed by atoms with Gasteiger partial charge >= 0.3 is 0 Å². The second kappa shape index (κ2) is 7.65. The van der Waals surface area contributed by atoms with Gasteiger partial charge in [-0.05, 0) is 12.1 Å². The van der Waals surface area contributed by atoms with Crippen LogP contribution in [0.3, 0.4) is 0 Å². The number of rotatable bonds is 6. The predicted octanol–water partition coefficient (Wildman–Crippen LogP) is 0.684. The van der Waals surface area contributed by atoms with Crippen LogP contribution in [-0.2, 0) is 18.4 Å². The molecule has 3 rings (SSSR count). The number of fused-ring (bicyclic) bond motifs is 1. The van der Waals surface area contributed by atoms with E-state index < -0.39 is 5.91 Å². The number of nitrogens with one attached hydrogen (secondary N) is 2. The molecule has 3 aromatic rings. The monoisotopic (exact) mass is 366 g/mol. The Balaban J connectivity index is 1.79. The lowest BCUT2D eigenvalue weighted by Gasteiger charge is -2.11. The van der Waals surface area contributed by atoms with E-state index in [1.54, 1.807) is 37.4 Å². The molecule has 0 saturated heterocycles. The van der Waals surface area contributed by atoms with E-state index in [1.165, 1.54) is 21.8 Å². The highest BCUT2D eigenvalue weighted by Crippen LogP contribution is 2.15. The van der Waals surface area contributed by atoms with Gasteiger partial charge in [-0.3, -0.25) is 23.6 Å². The lowest BCUT2D eigenvalue weighted by Crippen LogP contribution is -2.29. The first-order valence-electron chi connectivity index (χ1n) is 8.16. The maximum Gasteiger partial charge on any atom is 0.264 e. The predicted molar refractivity (Wildman–Crippen MR) is 100 cm³/mol. The Morgan fingerprint density at radius 1 is 1.30 bits per heavy atom. The summed E-state index contributed by atoms with van der Waals surface area (Å²) in [5.41, 5.74) is 0.759. The van der Waals surface area contributed by atoms with Crippen molar-refractivity contribution in [2.45, 2.75) is 6.54 Å². The molecule has 0 aliphatic rings. The summed E-state index contributed by atoms with van der Waals surface area (Å²) in [6, 6.07) is 6.62. The first kappa shape index (κ1) is 18.1. The molecule has 0 aliphatic heterocycles. The first-order chi connectivity index (χ1) is 13.0. The van der Waals surface area contributed by atoms with Crippen LogP contribution in [0.25, 0.3) is 11.0 Å². The fraction of sp³-hybridized carbons (Fsp3) is 0.167. The third-order valence-electron chi connectivity index (χ3n) is 3.88. The molecule has 0 radical (unpaired) electrons. The average molecular weight is 366 g/mol. The van der Waals surface area contributed by atoms with Crippen LogP contribution in [0, 0.1) is 0 Å². The van der Waals surface area contributed by atoms with E-state index in [-0.39, 0.29) is 18.0 Å². The minimum Gasteiger partial charge on any atom is -0.349 e. The third-order valence-corrected chi connectivity index (χ3v) is 3.88. The second-order valence-electron chi connectivity index (χ2n) is 5.78. The van der Waals surface area contributed by atoms with Crippen LogP contribution in [0.1, 0.15) is 10.4 Å². The number of hydrogen-bond acceptors (Lipinski definition) is 5. The van der Waals surface area contributed by atoms with Crippen LogP contribution in [0.2, 0.25) is 0 Å². The minimum atomic E-state index is -0.453. The lowest BCUT2D eigenvalue weighted by molar-refractivity contribution is -0.116. The smallest absolute Gasteiger partial charge is 0.264 e. The van der Waals surface area contributed by atoms with E-state index in [1.807, 2.05) is 0 Å². The standard InChI is InChI=1S/C18H18N6O3/c1-3-8-19-17(26)12-6-4-5-7-14(12)22-15(25)10-24-11-20-16-13(18(24)27)9-21-23(16)2/h3-7,9,11H,1,8,10H2,2H3,(H,19,26)(H,22,25). The van der Waals surface area contributed by atoms with Crippen molar-refractivity contribution >= 4 is 28.5 Å². The van der Waals surface area contributed by atoms with Gasteiger partial charge < -0.3 is 10.6 Å². The zero-order valence-electron chi connectivity index (χ0n) is 14.7. The van der Waals surface area contributed by atoms with Crippen molar-refractivity contribution in [3.8, 4) is 0 Å². The molecule has 0 fully saturated rings. The molecule has 2 N–H and O–H groups in total. The summed E-state index contributed by atoms with van der Waals surface area (Å²) < 4.78 is 2.68. The van der Waals surface area contributed by atoms with Crippen molar-refractivity contribution in [2.24, 2.45) is 7.05 Å².